The second kappa shape index (κ2) is 5.84. The predicted octanol–water partition coefficient (Wildman–Crippen LogP) is 3.45. The highest BCUT2D eigenvalue weighted by Crippen LogP contribution is 2.28. The van der Waals surface area contributed by atoms with Crippen molar-refractivity contribution in [3.63, 3.8) is 0 Å². The van der Waals surface area contributed by atoms with Gasteiger partial charge in [-0.3, -0.25) is 0 Å². The quantitative estimate of drug-likeness (QED) is 0.727. The summed E-state index contributed by atoms with van der Waals surface area (Å²) >= 11 is 0. The van der Waals surface area contributed by atoms with Crippen LogP contribution in [0.25, 0.3) is 0 Å². The molecule has 1 aliphatic carbocycles. The van der Waals surface area contributed by atoms with Gasteiger partial charge in [0, 0.05) is 6.04 Å². The van der Waals surface area contributed by atoms with E-state index in [1.807, 2.05) is 0 Å². The van der Waals surface area contributed by atoms with Crippen LogP contribution in [0, 0.1) is 5.92 Å². The maximum Gasteiger partial charge on any atom is 0.319 e. The molecule has 2 atom stereocenters. The van der Waals surface area contributed by atoms with E-state index in [1.165, 1.54) is 0 Å². The maximum absolute atomic E-state index is 12.7. The summed E-state index contributed by atoms with van der Waals surface area (Å²) in [7, 11) is 0. The van der Waals surface area contributed by atoms with Crippen molar-refractivity contribution in [1.29, 1.82) is 0 Å². The van der Waals surface area contributed by atoms with Crippen molar-refractivity contribution in [3.8, 4) is 0 Å². The summed E-state index contributed by atoms with van der Waals surface area (Å²) in [5.41, 5.74) is 0. The summed E-state index contributed by atoms with van der Waals surface area (Å²) in [6.45, 7) is 1.16. The number of hydrogen-bond donors (Lipinski definition) is 1. The number of nitrogens with one attached hydrogen (secondary N) is 1. The molecule has 1 aliphatic rings. The molecule has 0 aromatic carbocycles. The Morgan fingerprint density at radius 2 is 2.00 bits per heavy atom. The van der Waals surface area contributed by atoms with E-state index < -0.39 is 18.9 Å². The first kappa shape index (κ1) is 13.7. The Bertz CT molecular complexity index is 208. The molecule has 96 valence electrons. The van der Waals surface area contributed by atoms with Crippen LogP contribution in [0.1, 0.15) is 39.0 Å². The van der Waals surface area contributed by atoms with Gasteiger partial charge in [0.05, 0.1) is 6.54 Å². The van der Waals surface area contributed by atoms with Crippen LogP contribution in [-0.4, -0.2) is 24.9 Å². The summed E-state index contributed by atoms with van der Waals surface area (Å²) in [6, 6.07) is -0.0247. The van der Waals surface area contributed by atoms with Crippen LogP contribution in [0.2, 0.25) is 0 Å². The van der Waals surface area contributed by atoms with Crippen LogP contribution in [0.3, 0.4) is 0 Å². The Morgan fingerprint density at radius 3 is 2.56 bits per heavy atom. The molecule has 1 nitrogen and oxygen atoms in total. The lowest BCUT2D eigenvalue weighted by Gasteiger charge is -2.30. The minimum atomic E-state index is -3.90. The molecule has 2 unspecified atom stereocenters. The Balaban J connectivity index is 2.32. The van der Waals surface area contributed by atoms with Crippen LogP contribution in [0.15, 0.2) is 0 Å². The molecule has 0 radical (unpaired) electrons. The van der Waals surface area contributed by atoms with E-state index in [0.717, 1.165) is 32.1 Å². The first-order valence-corrected chi connectivity index (χ1v) is 5.85. The van der Waals surface area contributed by atoms with Gasteiger partial charge < -0.3 is 5.32 Å². The summed E-state index contributed by atoms with van der Waals surface area (Å²) in [5, 5.41) is 2.58. The van der Waals surface area contributed by atoms with Gasteiger partial charge in [-0.25, -0.2) is 8.78 Å². The lowest BCUT2D eigenvalue weighted by molar-refractivity contribution is -0.126. The minimum absolute atomic E-state index is 0.0247. The van der Waals surface area contributed by atoms with Crippen LogP contribution in [0.4, 0.5) is 17.6 Å². The van der Waals surface area contributed by atoms with E-state index in [-0.39, 0.29) is 6.04 Å². The van der Waals surface area contributed by atoms with Crippen molar-refractivity contribution in [2.24, 2.45) is 5.92 Å². The van der Waals surface area contributed by atoms with Gasteiger partial charge in [-0.1, -0.05) is 26.2 Å². The van der Waals surface area contributed by atoms with Crippen molar-refractivity contribution >= 4 is 0 Å². The second-order valence-corrected chi connectivity index (χ2v) is 4.58. The zero-order valence-corrected chi connectivity index (χ0v) is 9.49. The number of halogens is 4. The molecule has 0 amide bonds. The molecule has 16 heavy (non-hydrogen) atoms. The largest absolute Gasteiger partial charge is 0.319 e. The highest BCUT2D eigenvalue weighted by Gasteiger charge is 2.40. The molecule has 1 rings (SSSR count). The Kier molecular flexibility index (Phi) is 5.02. The van der Waals surface area contributed by atoms with Crippen molar-refractivity contribution in [1.82, 2.24) is 5.32 Å². The molecule has 0 bridgehead atoms. The van der Waals surface area contributed by atoms with Gasteiger partial charge in [-0.05, 0) is 18.8 Å². The van der Waals surface area contributed by atoms with E-state index >= 15 is 0 Å². The van der Waals surface area contributed by atoms with Gasteiger partial charge in [0.25, 0.3) is 0 Å². The Labute approximate surface area is 93.6 Å². The van der Waals surface area contributed by atoms with Gasteiger partial charge in [0.2, 0.25) is 0 Å². The number of alkyl halides is 4. The average Bonchev–Trinajstić information content (AvgIpc) is 2.26. The first-order chi connectivity index (χ1) is 7.45. The average molecular weight is 241 g/mol. The lowest BCUT2D eigenvalue weighted by Crippen LogP contribution is -2.44. The first-order valence-electron chi connectivity index (χ1n) is 5.85. The minimum Gasteiger partial charge on any atom is -0.308 e. The van der Waals surface area contributed by atoms with Crippen molar-refractivity contribution < 1.29 is 17.6 Å². The fraction of sp³-hybridized carbons (Fsp3) is 1.00. The highest BCUT2D eigenvalue weighted by atomic mass is 19.3. The van der Waals surface area contributed by atoms with Gasteiger partial charge in [-0.2, -0.15) is 8.78 Å². The Hall–Kier alpha value is -0.320. The van der Waals surface area contributed by atoms with Gasteiger partial charge in [0.1, 0.15) is 0 Å². The number of rotatable bonds is 5. The summed E-state index contributed by atoms with van der Waals surface area (Å²) in [5.74, 6) is -3.36. The molecular weight excluding hydrogens is 222 g/mol. The predicted molar refractivity (Wildman–Crippen MR) is 55.0 cm³/mol. The van der Waals surface area contributed by atoms with E-state index in [2.05, 4.69) is 12.2 Å². The third kappa shape index (κ3) is 3.92. The molecule has 0 spiro atoms. The summed E-state index contributed by atoms with van der Waals surface area (Å²) in [6.07, 6.45) is 1.22. The van der Waals surface area contributed by atoms with Crippen LogP contribution < -0.4 is 5.32 Å². The molecule has 0 heterocycles. The second-order valence-electron chi connectivity index (χ2n) is 4.58. The van der Waals surface area contributed by atoms with Gasteiger partial charge in [-0.15, -0.1) is 0 Å². The van der Waals surface area contributed by atoms with Crippen molar-refractivity contribution in [2.45, 2.75) is 57.4 Å². The molecule has 0 aromatic rings. The molecule has 1 saturated carbocycles. The van der Waals surface area contributed by atoms with Crippen LogP contribution >= 0.6 is 0 Å². The fourth-order valence-electron chi connectivity index (χ4n) is 2.20. The summed E-state index contributed by atoms with van der Waals surface area (Å²) in [4.78, 5) is 0. The molecule has 0 saturated heterocycles. The molecule has 0 aliphatic heterocycles. The molecule has 5 heteroatoms. The van der Waals surface area contributed by atoms with Crippen molar-refractivity contribution in [2.75, 3.05) is 6.54 Å². The normalized spacial score (nSPS) is 27.4. The van der Waals surface area contributed by atoms with E-state index in [9.17, 15) is 17.6 Å². The standard InChI is InChI=1S/C11H19F4N/c1-2-8-4-3-5-9(6-8)16-7-11(14,15)10(12)13/h8-10,16H,2-7H2,1H3. The highest BCUT2D eigenvalue weighted by molar-refractivity contribution is 4.81. The molecule has 1 N–H and O–H groups in total. The Morgan fingerprint density at radius 1 is 1.31 bits per heavy atom. The lowest BCUT2D eigenvalue weighted by atomic mass is 9.84. The third-order valence-electron chi connectivity index (χ3n) is 3.31. The van der Waals surface area contributed by atoms with E-state index in [1.54, 1.807) is 0 Å². The topological polar surface area (TPSA) is 12.0 Å². The van der Waals surface area contributed by atoms with Crippen LogP contribution in [0.5, 0.6) is 0 Å². The molecule has 0 aromatic heterocycles. The van der Waals surface area contributed by atoms with Crippen LogP contribution in [-0.2, 0) is 0 Å². The summed E-state index contributed by atoms with van der Waals surface area (Å²) < 4.78 is 49.2. The van der Waals surface area contributed by atoms with Gasteiger partial charge in [0.15, 0.2) is 0 Å². The smallest absolute Gasteiger partial charge is 0.308 e. The molecule has 1 fully saturated rings. The van der Waals surface area contributed by atoms with Gasteiger partial charge >= 0.3 is 12.3 Å². The number of hydrogen-bond acceptors (Lipinski definition) is 1. The fourth-order valence-corrected chi connectivity index (χ4v) is 2.20. The maximum atomic E-state index is 12.7. The zero-order valence-electron chi connectivity index (χ0n) is 9.49. The van der Waals surface area contributed by atoms with E-state index in [4.69, 9.17) is 0 Å². The molecular formula is C11H19F4N. The van der Waals surface area contributed by atoms with E-state index in [0.29, 0.717) is 5.92 Å². The monoisotopic (exact) mass is 241 g/mol. The SMILES string of the molecule is CCC1CCCC(NCC(F)(F)C(F)F)C1. The van der Waals surface area contributed by atoms with Crippen molar-refractivity contribution in [3.05, 3.63) is 0 Å². The third-order valence-corrected chi connectivity index (χ3v) is 3.31. The zero-order chi connectivity index (χ0) is 12.2.